The maximum absolute atomic E-state index is 12.8. The van der Waals surface area contributed by atoms with Crippen molar-refractivity contribution in [2.45, 2.75) is 23.9 Å². The second-order valence-electron chi connectivity index (χ2n) is 9.03. The molecule has 2 aromatic heterocycles. The van der Waals surface area contributed by atoms with Gasteiger partial charge < -0.3 is 5.32 Å². The molecule has 10 nitrogen and oxygen atoms in total. The van der Waals surface area contributed by atoms with Gasteiger partial charge in [0.05, 0.1) is 10.6 Å². The van der Waals surface area contributed by atoms with Gasteiger partial charge in [0.1, 0.15) is 11.6 Å². The van der Waals surface area contributed by atoms with Gasteiger partial charge in [-0.3, -0.25) is 14.1 Å². The lowest BCUT2D eigenvalue weighted by Gasteiger charge is -2.11. The van der Waals surface area contributed by atoms with Crippen LogP contribution in [0.1, 0.15) is 11.5 Å². The maximum atomic E-state index is 12.8. The van der Waals surface area contributed by atoms with E-state index in [1.54, 1.807) is 44.2 Å². The van der Waals surface area contributed by atoms with Gasteiger partial charge in [-0.2, -0.15) is 0 Å². The Labute approximate surface area is 256 Å². The summed E-state index contributed by atoms with van der Waals surface area (Å²) in [6, 6.07) is 21.8. The largest absolute Gasteiger partial charge is 0.325 e. The van der Waals surface area contributed by atoms with Crippen LogP contribution in [0.25, 0.3) is 17.1 Å². The molecular weight excluding hydrogens is 617 g/mol. The molecule has 214 valence electrons. The lowest BCUT2D eigenvalue weighted by atomic mass is 10.2. The van der Waals surface area contributed by atoms with Gasteiger partial charge in [0.25, 0.3) is 10.0 Å². The summed E-state index contributed by atoms with van der Waals surface area (Å²) in [5, 5.41) is 13.2. The van der Waals surface area contributed by atoms with Crippen molar-refractivity contribution >= 4 is 62.4 Å². The maximum Gasteiger partial charge on any atom is 0.263 e. The molecule has 5 aromatic rings. The Morgan fingerprint density at radius 3 is 2.17 bits per heavy atom. The molecule has 0 aliphatic rings. The number of amides is 1. The molecule has 0 fully saturated rings. The van der Waals surface area contributed by atoms with E-state index in [4.69, 9.17) is 23.2 Å². The molecular formula is C28H23Cl2N7O3S2. The second kappa shape index (κ2) is 12.5. The summed E-state index contributed by atoms with van der Waals surface area (Å²) in [6.07, 6.45) is 0. The lowest BCUT2D eigenvalue weighted by Crippen LogP contribution is -2.16. The first-order valence-electron chi connectivity index (χ1n) is 12.4. The van der Waals surface area contributed by atoms with Gasteiger partial charge in [0.15, 0.2) is 11.0 Å². The van der Waals surface area contributed by atoms with Crippen LogP contribution in [0, 0.1) is 13.8 Å². The van der Waals surface area contributed by atoms with Gasteiger partial charge in [0.2, 0.25) is 5.91 Å². The van der Waals surface area contributed by atoms with Crippen molar-refractivity contribution in [3.8, 4) is 17.1 Å². The van der Waals surface area contributed by atoms with Crippen molar-refractivity contribution in [2.75, 3.05) is 15.8 Å². The van der Waals surface area contributed by atoms with E-state index in [2.05, 4.69) is 30.2 Å². The number of anilines is 2. The van der Waals surface area contributed by atoms with Crippen LogP contribution in [-0.2, 0) is 14.8 Å². The minimum atomic E-state index is -3.89. The van der Waals surface area contributed by atoms with Gasteiger partial charge in [-0.1, -0.05) is 35.0 Å². The predicted octanol–water partition coefficient (Wildman–Crippen LogP) is 6.18. The van der Waals surface area contributed by atoms with Crippen molar-refractivity contribution in [1.29, 1.82) is 0 Å². The van der Waals surface area contributed by atoms with E-state index < -0.39 is 10.0 Å². The molecule has 42 heavy (non-hydrogen) atoms. The van der Waals surface area contributed by atoms with Gasteiger partial charge >= 0.3 is 0 Å². The molecule has 0 radical (unpaired) electrons. The van der Waals surface area contributed by atoms with E-state index in [9.17, 15) is 13.2 Å². The molecule has 2 heterocycles. The van der Waals surface area contributed by atoms with Crippen LogP contribution in [0.2, 0.25) is 10.0 Å². The van der Waals surface area contributed by atoms with E-state index in [0.717, 1.165) is 11.3 Å². The van der Waals surface area contributed by atoms with E-state index >= 15 is 0 Å². The van der Waals surface area contributed by atoms with Crippen molar-refractivity contribution in [1.82, 2.24) is 24.7 Å². The van der Waals surface area contributed by atoms with E-state index in [-0.39, 0.29) is 22.4 Å². The smallest absolute Gasteiger partial charge is 0.263 e. The minimum absolute atomic E-state index is 0.0228. The number of thioether (sulfide) groups is 1. The predicted molar refractivity (Wildman–Crippen MR) is 165 cm³/mol. The summed E-state index contributed by atoms with van der Waals surface area (Å²) >= 11 is 13.4. The molecule has 0 spiro atoms. The Balaban J connectivity index is 1.28. The Bertz CT molecular complexity index is 1830. The Hall–Kier alpha value is -3.97. The topological polar surface area (TPSA) is 132 Å². The third kappa shape index (κ3) is 7.08. The van der Waals surface area contributed by atoms with Crippen molar-refractivity contribution in [3.05, 3.63) is 100 Å². The number of hydrogen-bond donors (Lipinski definition) is 2. The highest BCUT2D eigenvalue weighted by Gasteiger charge is 2.19. The summed E-state index contributed by atoms with van der Waals surface area (Å²) in [4.78, 5) is 21.1. The molecule has 2 N–H and O–H groups in total. The van der Waals surface area contributed by atoms with Crippen LogP contribution in [0.15, 0.2) is 88.9 Å². The molecule has 3 aromatic carbocycles. The minimum Gasteiger partial charge on any atom is -0.325 e. The number of rotatable bonds is 9. The van der Waals surface area contributed by atoms with Crippen LogP contribution < -0.4 is 10.0 Å². The zero-order valence-electron chi connectivity index (χ0n) is 22.2. The van der Waals surface area contributed by atoms with Crippen molar-refractivity contribution in [2.24, 2.45) is 0 Å². The van der Waals surface area contributed by atoms with Crippen LogP contribution in [-0.4, -0.2) is 44.8 Å². The number of sulfonamides is 1. The highest BCUT2D eigenvalue weighted by molar-refractivity contribution is 7.99. The Morgan fingerprint density at radius 1 is 0.881 bits per heavy atom. The summed E-state index contributed by atoms with van der Waals surface area (Å²) in [7, 11) is -3.89. The number of carbonyl (C=O) groups is 1. The first kappa shape index (κ1) is 29.5. The van der Waals surface area contributed by atoms with Gasteiger partial charge in [-0.05, 0) is 86.6 Å². The zero-order chi connectivity index (χ0) is 29.9. The molecule has 0 aliphatic carbocycles. The number of benzene rings is 3. The van der Waals surface area contributed by atoms with E-state index in [0.29, 0.717) is 38.2 Å². The van der Waals surface area contributed by atoms with Gasteiger partial charge in [0, 0.05) is 38.7 Å². The number of halogens is 2. The summed E-state index contributed by atoms with van der Waals surface area (Å²) < 4.78 is 29.9. The fourth-order valence-corrected chi connectivity index (χ4v) is 5.98. The normalized spacial score (nSPS) is 11.3. The number of nitrogens with one attached hydrogen (secondary N) is 2. The molecule has 0 unspecified atom stereocenters. The SMILES string of the molecule is Cc1cc(NS(=O)(=O)c2ccc(NC(=O)CSc3nnc(-c4ccc(Cl)cc4)n3-c3ccc(Cl)cc3)cc2)nc(C)n1. The first-order valence-corrected chi connectivity index (χ1v) is 15.6. The van der Waals surface area contributed by atoms with E-state index in [1.165, 1.54) is 36.0 Å². The Morgan fingerprint density at radius 2 is 1.52 bits per heavy atom. The monoisotopic (exact) mass is 639 g/mol. The van der Waals surface area contributed by atoms with Crippen molar-refractivity contribution < 1.29 is 13.2 Å². The van der Waals surface area contributed by atoms with Crippen LogP contribution in [0.5, 0.6) is 0 Å². The zero-order valence-corrected chi connectivity index (χ0v) is 25.4. The van der Waals surface area contributed by atoms with Crippen molar-refractivity contribution in [3.63, 3.8) is 0 Å². The molecule has 0 saturated carbocycles. The number of carbonyl (C=O) groups excluding carboxylic acids is 1. The third-order valence-electron chi connectivity index (χ3n) is 5.81. The molecule has 0 bridgehead atoms. The fraction of sp³-hybridized carbons (Fsp3) is 0.107. The average Bonchev–Trinajstić information content (AvgIpc) is 3.36. The van der Waals surface area contributed by atoms with Crippen LogP contribution in [0.4, 0.5) is 11.5 Å². The highest BCUT2D eigenvalue weighted by Crippen LogP contribution is 2.29. The first-order chi connectivity index (χ1) is 20.1. The average molecular weight is 641 g/mol. The number of aromatic nitrogens is 5. The van der Waals surface area contributed by atoms with Gasteiger partial charge in [-0.25, -0.2) is 18.4 Å². The quantitative estimate of drug-likeness (QED) is 0.183. The molecule has 0 atom stereocenters. The molecule has 0 saturated heterocycles. The summed E-state index contributed by atoms with van der Waals surface area (Å²) in [6.45, 7) is 3.43. The number of nitrogens with zero attached hydrogens (tertiary/aromatic N) is 5. The third-order valence-corrected chi connectivity index (χ3v) is 8.61. The fourth-order valence-electron chi connectivity index (χ4n) is 3.98. The van der Waals surface area contributed by atoms with Crippen LogP contribution >= 0.6 is 35.0 Å². The Kier molecular flexibility index (Phi) is 8.78. The molecule has 14 heteroatoms. The van der Waals surface area contributed by atoms with Crippen LogP contribution in [0.3, 0.4) is 0 Å². The summed E-state index contributed by atoms with van der Waals surface area (Å²) in [5.74, 6) is 0.936. The molecule has 1 amide bonds. The molecule has 5 rings (SSSR count). The standard InChI is InChI=1S/C28H23Cl2N7O3S2/c1-17-15-25(32-18(2)31-17)36-42(39,40)24-13-9-22(10-14-24)33-26(38)16-41-28-35-34-27(19-3-5-20(29)6-4-19)37(28)23-11-7-21(30)8-12-23/h3-15H,16H2,1-2H3,(H,33,38)(H,31,32,36). The van der Waals surface area contributed by atoms with E-state index in [1.807, 2.05) is 28.8 Å². The lowest BCUT2D eigenvalue weighted by molar-refractivity contribution is -0.113. The van der Waals surface area contributed by atoms with Gasteiger partial charge in [-0.15, -0.1) is 10.2 Å². The number of aryl methyl sites for hydroxylation is 2. The second-order valence-corrected chi connectivity index (χ2v) is 12.5. The highest BCUT2D eigenvalue weighted by atomic mass is 35.5. The summed E-state index contributed by atoms with van der Waals surface area (Å²) in [5.41, 5.74) is 2.65. The molecule has 0 aliphatic heterocycles. The number of hydrogen-bond acceptors (Lipinski definition) is 8.